The zero-order chi connectivity index (χ0) is 17.6. The zero-order valence-electron chi connectivity index (χ0n) is 14.9. The molecule has 2 N–H and O–H groups in total. The molecule has 134 valence electrons. The summed E-state index contributed by atoms with van der Waals surface area (Å²) in [6.45, 7) is 6.74. The van der Waals surface area contributed by atoms with E-state index < -0.39 is 0 Å². The maximum atomic E-state index is 12.3. The van der Waals surface area contributed by atoms with E-state index in [1.54, 1.807) is 0 Å². The first-order chi connectivity index (χ1) is 12.2. The van der Waals surface area contributed by atoms with Gasteiger partial charge in [0.1, 0.15) is 0 Å². The molecule has 1 aliphatic rings. The highest BCUT2D eigenvalue weighted by Gasteiger charge is 2.26. The van der Waals surface area contributed by atoms with Gasteiger partial charge in [-0.1, -0.05) is 44.2 Å². The molecule has 1 saturated carbocycles. The molecule has 1 unspecified atom stereocenters. The van der Waals surface area contributed by atoms with E-state index in [1.807, 2.05) is 18.2 Å². The number of nitrogens with zero attached hydrogens (tertiary/aromatic N) is 2. The second-order valence-electron chi connectivity index (χ2n) is 6.33. The van der Waals surface area contributed by atoms with Gasteiger partial charge < -0.3 is 5.32 Å². The van der Waals surface area contributed by atoms with Crippen molar-refractivity contribution in [3.8, 4) is 0 Å². The summed E-state index contributed by atoms with van der Waals surface area (Å²) in [4.78, 5) is 19.1. The zero-order valence-corrected chi connectivity index (χ0v) is 15.7. The molecule has 3 rings (SSSR count). The van der Waals surface area contributed by atoms with Gasteiger partial charge in [0.15, 0.2) is 5.13 Å². The van der Waals surface area contributed by atoms with E-state index in [1.165, 1.54) is 29.7 Å². The molecule has 0 bridgehead atoms. The molecule has 5 nitrogen and oxygen atoms in total. The van der Waals surface area contributed by atoms with E-state index in [2.05, 4.69) is 51.9 Å². The van der Waals surface area contributed by atoms with Crippen molar-refractivity contribution in [3.63, 3.8) is 0 Å². The van der Waals surface area contributed by atoms with Crippen molar-refractivity contribution in [2.24, 2.45) is 0 Å². The summed E-state index contributed by atoms with van der Waals surface area (Å²) in [5.41, 5.74) is 2.34. The Balaban J connectivity index is 1.58. The molecule has 0 saturated heterocycles. The van der Waals surface area contributed by atoms with E-state index in [-0.39, 0.29) is 12.1 Å². The van der Waals surface area contributed by atoms with Crippen LogP contribution in [-0.2, 0) is 0 Å². The number of thiazole rings is 1. The molecule has 6 heteroatoms. The number of urea groups is 1. The molecule has 1 heterocycles. The average molecular weight is 359 g/mol. The summed E-state index contributed by atoms with van der Waals surface area (Å²) in [6.07, 6.45) is 2.44. The number of aromatic nitrogens is 1. The number of hydrogen-bond donors (Lipinski definition) is 2. The molecule has 0 radical (unpaired) electrons. The quantitative estimate of drug-likeness (QED) is 0.743. The number of amides is 2. The molecule has 0 aliphatic heterocycles. The lowest BCUT2D eigenvalue weighted by atomic mass is 10.1. The normalized spacial score (nSPS) is 15.2. The Bertz CT molecular complexity index is 680. The van der Waals surface area contributed by atoms with Gasteiger partial charge >= 0.3 is 6.03 Å². The molecule has 1 fully saturated rings. The lowest BCUT2D eigenvalue weighted by molar-refractivity contribution is 0.210. The van der Waals surface area contributed by atoms with Crippen LogP contribution in [0.4, 0.5) is 9.93 Å². The number of likely N-dealkylation sites (N-methyl/N-ethyl adjacent to an activating group) is 1. The Morgan fingerprint density at radius 3 is 2.64 bits per heavy atom. The Morgan fingerprint density at radius 2 is 2.00 bits per heavy atom. The van der Waals surface area contributed by atoms with Crippen LogP contribution in [0.25, 0.3) is 0 Å². The van der Waals surface area contributed by atoms with Gasteiger partial charge in [-0.15, -0.1) is 11.3 Å². The predicted molar refractivity (Wildman–Crippen MR) is 103 cm³/mol. The molecule has 1 atom stereocenters. The number of hydrogen-bond acceptors (Lipinski definition) is 4. The van der Waals surface area contributed by atoms with Crippen LogP contribution < -0.4 is 10.6 Å². The van der Waals surface area contributed by atoms with Gasteiger partial charge in [-0.2, -0.15) is 0 Å². The van der Waals surface area contributed by atoms with Crippen molar-refractivity contribution in [2.45, 2.75) is 38.6 Å². The lowest BCUT2D eigenvalue weighted by Gasteiger charge is -2.30. The van der Waals surface area contributed by atoms with Gasteiger partial charge in [0.2, 0.25) is 0 Å². The summed E-state index contributed by atoms with van der Waals surface area (Å²) in [5.74, 6) is 0.611. The summed E-state index contributed by atoms with van der Waals surface area (Å²) in [5, 5.41) is 8.60. The second-order valence-corrected chi connectivity index (χ2v) is 7.19. The van der Waals surface area contributed by atoms with Crippen molar-refractivity contribution >= 4 is 22.5 Å². The minimum Gasteiger partial charge on any atom is -0.336 e. The largest absolute Gasteiger partial charge is 0.336 e. The minimum absolute atomic E-state index is 0.167. The number of rotatable bonds is 8. The fraction of sp³-hybridized carbons (Fsp3) is 0.474. The van der Waals surface area contributed by atoms with Gasteiger partial charge in [-0.05, 0) is 31.5 Å². The van der Waals surface area contributed by atoms with Crippen molar-refractivity contribution in [1.29, 1.82) is 0 Å². The van der Waals surface area contributed by atoms with E-state index in [0.717, 1.165) is 18.8 Å². The minimum atomic E-state index is -0.190. The highest BCUT2D eigenvalue weighted by Crippen LogP contribution is 2.40. The fourth-order valence-corrected chi connectivity index (χ4v) is 3.83. The number of benzene rings is 1. The Hall–Kier alpha value is -1.92. The molecule has 25 heavy (non-hydrogen) atoms. The van der Waals surface area contributed by atoms with Crippen LogP contribution in [0.3, 0.4) is 0 Å². The van der Waals surface area contributed by atoms with E-state index >= 15 is 0 Å². The van der Waals surface area contributed by atoms with Crippen LogP contribution >= 0.6 is 11.3 Å². The first kappa shape index (κ1) is 17.9. The Kier molecular flexibility index (Phi) is 6.04. The van der Waals surface area contributed by atoms with Gasteiger partial charge in [0, 0.05) is 17.8 Å². The molecule has 1 aliphatic carbocycles. The summed E-state index contributed by atoms with van der Waals surface area (Å²) >= 11 is 1.50. The maximum Gasteiger partial charge on any atom is 0.321 e. The van der Waals surface area contributed by atoms with Crippen molar-refractivity contribution in [2.75, 3.05) is 25.0 Å². The van der Waals surface area contributed by atoms with E-state index in [4.69, 9.17) is 0 Å². The van der Waals surface area contributed by atoms with Crippen molar-refractivity contribution in [3.05, 3.63) is 47.0 Å². The number of nitrogens with one attached hydrogen (secondary N) is 2. The Morgan fingerprint density at radius 1 is 1.28 bits per heavy atom. The van der Waals surface area contributed by atoms with Crippen LogP contribution in [0.5, 0.6) is 0 Å². The third-order valence-electron chi connectivity index (χ3n) is 4.63. The van der Waals surface area contributed by atoms with Crippen LogP contribution in [0.1, 0.15) is 49.9 Å². The van der Waals surface area contributed by atoms with Gasteiger partial charge in [0.05, 0.1) is 11.7 Å². The van der Waals surface area contributed by atoms with Gasteiger partial charge in [-0.3, -0.25) is 10.2 Å². The third kappa shape index (κ3) is 4.80. The van der Waals surface area contributed by atoms with Crippen LogP contribution in [0.15, 0.2) is 35.7 Å². The third-order valence-corrected chi connectivity index (χ3v) is 5.41. The molecular weight excluding hydrogens is 332 g/mol. The molecule has 0 spiro atoms. The fourth-order valence-electron chi connectivity index (χ4n) is 3.04. The number of anilines is 1. The topological polar surface area (TPSA) is 57.3 Å². The highest BCUT2D eigenvalue weighted by molar-refractivity contribution is 7.13. The van der Waals surface area contributed by atoms with Crippen molar-refractivity contribution in [1.82, 2.24) is 15.2 Å². The SMILES string of the molecule is CCN(CC)C(CNC(=O)Nc1nc(C2CC2)cs1)c1ccccc1. The van der Waals surface area contributed by atoms with Crippen LogP contribution in [0, 0.1) is 0 Å². The first-order valence-corrected chi connectivity index (χ1v) is 9.88. The predicted octanol–water partition coefficient (Wildman–Crippen LogP) is 4.23. The second kappa shape index (κ2) is 8.45. The summed E-state index contributed by atoms with van der Waals surface area (Å²) < 4.78 is 0. The number of carbonyl (C=O) groups excluding carboxylic acids is 1. The summed E-state index contributed by atoms with van der Waals surface area (Å²) in [6, 6.07) is 10.3. The maximum absolute atomic E-state index is 12.3. The molecular formula is C19H26N4OS. The first-order valence-electron chi connectivity index (χ1n) is 9.00. The van der Waals surface area contributed by atoms with Crippen LogP contribution in [-0.4, -0.2) is 35.5 Å². The van der Waals surface area contributed by atoms with E-state index in [9.17, 15) is 4.79 Å². The van der Waals surface area contributed by atoms with Gasteiger partial charge in [0.25, 0.3) is 0 Å². The molecule has 1 aromatic heterocycles. The average Bonchev–Trinajstić information content (AvgIpc) is 3.39. The number of carbonyl (C=O) groups is 1. The standard InChI is InChI=1S/C19H26N4OS/c1-3-23(4-2)17(15-8-6-5-7-9-15)12-20-18(24)22-19-21-16(13-25-19)14-10-11-14/h5-9,13-14,17H,3-4,10-12H2,1-2H3,(H2,20,21,22,24). The molecule has 2 aromatic rings. The molecule has 2 amide bonds. The Labute approximate surface area is 153 Å². The monoisotopic (exact) mass is 358 g/mol. The summed E-state index contributed by atoms with van der Waals surface area (Å²) in [7, 11) is 0. The lowest BCUT2D eigenvalue weighted by Crippen LogP contribution is -2.39. The highest BCUT2D eigenvalue weighted by atomic mass is 32.1. The van der Waals surface area contributed by atoms with Gasteiger partial charge in [-0.25, -0.2) is 9.78 Å². The van der Waals surface area contributed by atoms with E-state index in [0.29, 0.717) is 17.6 Å². The van der Waals surface area contributed by atoms with Crippen LogP contribution in [0.2, 0.25) is 0 Å². The van der Waals surface area contributed by atoms with Crippen molar-refractivity contribution < 1.29 is 4.79 Å². The molecule has 1 aromatic carbocycles. The smallest absolute Gasteiger partial charge is 0.321 e.